The van der Waals surface area contributed by atoms with Crippen LogP contribution < -0.4 is 24.8 Å². The molecule has 0 bridgehead atoms. The zero-order chi connectivity index (χ0) is 29.0. The minimum atomic E-state index is 0. The van der Waals surface area contributed by atoms with Gasteiger partial charge in [-0.05, 0) is 83.1 Å². The van der Waals surface area contributed by atoms with Crippen LogP contribution in [0, 0.1) is 0 Å². The summed E-state index contributed by atoms with van der Waals surface area (Å²) in [6, 6.07) is 44.3. The summed E-state index contributed by atoms with van der Waals surface area (Å²) in [5.41, 5.74) is 11.6. The number of nitrogens with zero attached hydrogens (tertiary/aromatic N) is 2. The summed E-state index contributed by atoms with van der Waals surface area (Å²) in [6.07, 6.45) is 10.1. The van der Waals surface area contributed by atoms with E-state index in [0.717, 1.165) is 0 Å². The second kappa shape index (κ2) is 14.0. The monoisotopic (exact) mass is 728 g/mol. The predicted octanol–water partition coefficient (Wildman–Crippen LogP) is 4.77. The Balaban J connectivity index is 0.000000155. The van der Waals surface area contributed by atoms with Crippen molar-refractivity contribution in [3.05, 3.63) is 144 Å². The molecule has 2 aliphatic carbocycles. The minimum absolute atomic E-state index is 0. The Labute approximate surface area is 308 Å². The Hall–Kier alpha value is -3.36. The molecule has 2 heterocycles. The maximum Gasteiger partial charge on any atom is 4.00 e. The van der Waals surface area contributed by atoms with E-state index in [9.17, 15) is 0 Å². The van der Waals surface area contributed by atoms with Crippen molar-refractivity contribution in [3.8, 4) is 11.4 Å². The summed E-state index contributed by atoms with van der Waals surface area (Å²) < 4.78 is 5.04. The van der Waals surface area contributed by atoms with Gasteiger partial charge in [0.25, 0.3) is 0 Å². The summed E-state index contributed by atoms with van der Waals surface area (Å²) in [7, 11) is 0. The molecule has 0 saturated carbocycles. The van der Waals surface area contributed by atoms with Crippen molar-refractivity contribution >= 4 is 43.4 Å². The van der Waals surface area contributed by atoms with E-state index in [1.54, 1.807) is 11.1 Å². The molecule has 0 aliphatic heterocycles. The van der Waals surface area contributed by atoms with Gasteiger partial charge in [0.1, 0.15) is 0 Å². The standard InChI is InChI=1S/2C21H18N.2ClH.Zr/c2*1-2-8-16-15(7-1)13-14-21(16)22-19-11-5-3-9-17(19)18-10-4-6-12-20(18)22;;;/h2*1-3,5,7-9,11,13-14H,4,6,10,12H2;2*1H;/q2*-1;;;+4/p-2. The van der Waals surface area contributed by atoms with E-state index in [1.807, 2.05) is 0 Å². The van der Waals surface area contributed by atoms with Gasteiger partial charge in [0.2, 0.25) is 0 Å². The van der Waals surface area contributed by atoms with Crippen molar-refractivity contribution < 1.29 is 51.0 Å². The Morgan fingerprint density at radius 3 is 1.28 bits per heavy atom. The Morgan fingerprint density at radius 1 is 0.426 bits per heavy atom. The van der Waals surface area contributed by atoms with Gasteiger partial charge in [-0.15, -0.1) is 24.3 Å². The molecule has 2 aromatic heterocycles. The normalized spacial score (nSPS) is 13.6. The van der Waals surface area contributed by atoms with Crippen molar-refractivity contribution in [3.63, 3.8) is 0 Å². The summed E-state index contributed by atoms with van der Waals surface area (Å²) in [4.78, 5) is 0. The largest absolute Gasteiger partial charge is 4.00 e. The van der Waals surface area contributed by atoms with E-state index in [1.165, 1.54) is 117 Å². The second-order valence-corrected chi connectivity index (χ2v) is 12.6. The van der Waals surface area contributed by atoms with E-state index in [0.29, 0.717) is 0 Å². The van der Waals surface area contributed by atoms with Crippen LogP contribution in [0.1, 0.15) is 48.2 Å². The first-order valence-electron chi connectivity index (χ1n) is 16.4. The Kier molecular flexibility index (Phi) is 10.0. The van der Waals surface area contributed by atoms with Crippen LogP contribution in [-0.4, -0.2) is 9.13 Å². The third-order valence-corrected chi connectivity index (χ3v) is 10.2. The van der Waals surface area contributed by atoms with Crippen LogP contribution in [0.5, 0.6) is 0 Å². The number of fused-ring (bicyclic) bond motifs is 8. The molecule has 6 aromatic carbocycles. The molecule has 47 heavy (non-hydrogen) atoms. The molecule has 0 amide bonds. The van der Waals surface area contributed by atoms with Gasteiger partial charge < -0.3 is 33.9 Å². The molecule has 2 aliphatic rings. The van der Waals surface area contributed by atoms with Crippen molar-refractivity contribution in [1.29, 1.82) is 0 Å². The average molecular weight is 731 g/mol. The Morgan fingerprint density at radius 2 is 0.809 bits per heavy atom. The smallest absolute Gasteiger partial charge is 1.00 e. The number of halogens is 2. The summed E-state index contributed by atoms with van der Waals surface area (Å²) in [5.74, 6) is 0. The fraction of sp³-hybridized carbons (Fsp3) is 0.190. The van der Waals surface area contributed by atoms with E-state index >= 15 is 0 Å². The molecule has 0 atom stereocenters. The van der Waals surface area contributed by atoms with Crippen LogP contribution in [0.15, 0.2) is 121 Å². The molecule has 8 aromatic rings. The van der Waals surface area contributed by atoms with Crippen molar-refractivity contribution in [2.24, 2.45) is 0 Å². The number of rotatable bonds is 2. The molecule has 0 unspecified atom stereocenters. The van der Waals surface area contributed by atoms with Gasteiger partial charge in [0, 0.05) is 0 Å². The molecule has 10 rings (SSSR count). The van der Waals surface area contributed by atoms with Crippen LogP contribution in [0.3, 0.4) is 0 Å². The van der Waals surface area contributed by atoms with Gasteiger partial charge in [0.05, 0.1) is 0 Å². The third-order valence-electron chi connectivity index (χ3n) is 10.2. The SMILES string of the molecule is [Cl-].[Cl-].[Zr+4].c1ccc2c(c1)cc[c-]2-n1c2c(c3ccccc31)CCCC2.c1ccc2c(c1)cc[c-]2-n1c2c(c3ccccc31)CCCC2. The predicted molar refractivity (Wildman–Crippen MR) is 186 cm³/mol. The number of hydrogen-bond acceptors (Lipinski definition) is 0. The first-order valence-corrected chi connectivity index (χ1v) is 16.4. The van der Waals surface area contributed by atoms with E-state index in [-0.39, 0.29) is 51.0 Å². The first kappa shape index (κ1) is 33.5. The molecule has 232 valence electrons. The summed E-state index contributed by atoms with van der Waals surface area (Å²) >= 11 is 0. The summed E-state index contributed by atoms with van der Waals surface area (Å²) in [5, 5.41) is 8.28. The van der Waals surface area contributed by atoms with Gasteiger partial charge >= 0.3 is 26.2 Å². The zero-order valence-corrected chi connectivity index (χ0v) is 30.3. The van der Waals surface area contributed by atoms with Gasteiger partial charge in [-0.3, -0.25) is 0 Å². The van der Waals surface area contributed by atoms with E-state index < -0.39 is 0 Å². The molecule has 0 saturated heterocycles. The molecule has 0 spiro atoms. The number of hydrogen-bond donors (Lipinski definition) is 0. The first-order chi connectivity index (χ1) is 21.9. The number of aryl methyl sites for hydroxylation is 2. The fourth-order valence-corrected chi connectivity index (χ4v) is 8.20. The quantitative estimate of drug-likeness (QED) is 0.227. The number of aromatic nitrogens is 2. The molecular weight excluding hydrogens is 695 g/mol. The molecule has 0 fully saturated rings. The van der Waals surface area contributed by atoms with E-state index in [2.05, 4.69) is 130 Å². The van der Waals surface area contributed by atoms with Crippen LogP contribution in [0.25, 0.3) is 54.7 Å². The van der Waals surface area contributed by atoms with Crippen molar-refractivity contribution in [2.75, 3.05) is 0 Å². The molecule has 2 nitrogen and oxygen atoms in total. The van der Waals surface area contributed by atoms with Crippen molar-refractivity contribution in [2.45, 2.75) is 51.4 Å². The number of para-hydroxylation sites is 2. The van der Waals surface area contributed by atoms with Crippen LogP contribution in [0.4, 0.5) is 0 Å². The average Bonchev–Trinajstić information content (AvgIpc) is 3.86. The number of benzene rings is 4. The second-order valence-electron chi connectivity index (χ2n) is 12.6. The minimum Gasteiger partial charge on any atom is -1.00 e. The summed E-state index contributed by atoms with van der Waals surface area (Å²) in [6.45, 7) is 0. The fourth-order valence-electron chi connectivity index (χ4n) is 8.20. The van der Waals surface area contributed by atoms with E-state index in [4.69, 9.17) is 0 Å². The third kappa shape index (κ3) is 5.55. The molecule has 5 heteroatoms. The molecule has 0 radical (unpaired) electrons. The van der Waals surface area contributed by atoms with Crippen LogP contribution in [-0.2, 0) is 51.9 Å². The topological polar surface area (TPSA) is 9.86 Å². The maximum absolute atomic E-state index is 2.52. The molecular formula is C42H36Cl2N2Zr. The molecule has 0 N–H and O–H groups in total. The maximum atomic E-state index is 2.52. The van der Waals surface area contributed by atoms with Gasteiger partial charge in [-0.25, -0.2) is 0 Å². The zero-order valence-electron chi connectivity index (χ0n) is 26.4. The van der Waals surface area contributed by atoms with Gasteiger partial charge in [-0.2, -0.15) is 0 Å². The van der Waals surface area contributed by atoms with Gasteiger partial charge in [-0.1, -0.05) is 143 Å². The van der Waals surface area contributed by atoms with Crippen molar-refractivity contribution in [1.82, 2.24) is 9.13 Å². The van der Waals surface area contributed by atoms with Crippen LogP contribution >= 0.6 is 0 Å². The Bertz CT molecular complexity index is 2150. The van der Waals surface area contributed by atoms with Crippen LogP contribution in [0.2, 0.25) is 0 Å². The van der Waals surface area contributed by atoms with Gasteiger partial charge in [0.15, 0.2) is 0 Å².